The number of nitrogens with zero attached hydrogens (tertiary/aromatic N) is 4. The molecular weight excluding hydrogens is 553 g/mol. The van der Waals surface area contributed by atoms with Crippen molar-refractivity contribution in [2.75, 3.05) is 33.3 Å². The normalized spacial score (nSPS) is 14.0. The quantitative estimate of drug-likeness (QED) is 0.354. The van der Waals surface area contributed by atoms with E-state index in [0.29, 0.717) is 6.07 Å². The molecule has 5 rings (SSSR count). The fourth-order valence-corrected chi connectivity index (χ4v) is 4.60. The zero-order valence-electron chi connectivity index (χ0n) is 21.5. The molecule has 4 aromatic rings. The number of fused-ring (bicyclic) bond motifs is 1. The number of halogens is 5. The molecule has 2 aromatic carbocycles. The largest absolute Gasteiger partial charge is 0.494 e. The van der Waals surface area contributed by atoms with Crippen LogP contribution < -0.4 is 10.5 Å². The number of nitrogens with two attached hydrogens (primary N) is 1. The number of alkyl halides is 3. The number of carbonyl (C=O) groups is 2. The van der Waals surface area contributed by atoms with Crippen LogP contribution in [0.5, 0.6) is 5.75 Å². The van der Waals surface area contributed by atoms with Crippen molar-refractivity contribution < 1.29 is 40.7 Å². The Bertz CT molecular complexity index is 1630. The van der Waals surface area contributed by atoms with Gasteiger partial charge in [-0.2, -0.15) is 13.2 Å². The van der Waals surface area contributed by atoms with Crippen LogP contribution in [0.4, 0.5) is 22.0 Å². The molecule has 0 bridgehead atoms. The summed E-state index contributed by atoms with van der Waals surface area (Å²) in [6.45, 7) is 0.208. The zero-order valence-corrected chi connectivity index (χ0v) is 21.5. The SMILES string of the molecule is COc1ccc(-c2nc(C(=O)N3CCN(C(=O)c4cc(F)cc(F)c4)CC3)c(CN)o2)c2ccc(C(F)(F)F)nc12. The first-order valence-corrected chi connectivity index (χ1v) is 12.3. The lowest BCUT2D eigenvalue weighted by Gasteiger charge is -2.34. The molecule has 0 spiro atoms. The molecule has 1 fully saturated rings. The number of hydrogen-bond acceptors (Lipinski definition) is 7. The van der Waals surface area contributed by atoms with Crippen molar-refractivity contribution in [3.63, 3.8) is 0 Å². The van der Waals surface area contributed by atoms with Gasteiger partial charge in [-0.15, -0.1) is 0 Å². The number of benzene rings is 2. The number of oxazole rings is 1. The second-order valence-corrected chi connectivity index (χ2v) is 9.14. The summed E-state index contributed by atoms with van der Waals surface area (Å²) in [6.07, 6.45) is -4.67. The lowest BCUT2D eigenvalue weighted by molar-refractivity contribution is -0.140. The highest BCUT2D eigenvalue weighted by atomic mass is 19.4. The minimum atomic E-state index is -4.67. The third kappa shape index (κ3) is 5.42. The fourth-order valence-electron chi connectivity index (χ4n) is 4.60. The molecule has 3 heterocycles. The van der Waals surface area contributed by atoms with Crippen molar-refractivity contribution in [2.45, 2.75) is 12.7 Å². The maximum atomic E-state index is 13.6. The minimum Gasteiger partial charge on any atom is -0.494 e. The Morgan fingerprint density at radius 1 is 0.951 bits per heavy atom. The van der Waals surface area contributed by atoms with Crippen LogP contribution in [0.15, 0.2) is 46.9 Å². The summed E-state index contributed by atoms with van der Waals surface area (Å²) in [5, 5.41) is 0.252. The lowest BCUT2D eigenvalue weighted by atomic mass is 10.1. The average Bonchev–Trinajstić information content (AvgIpc) is 3.39. The van der Waals surface area contributed by atoms with Crippen molar-refractivity contribution in [1.82, 2.24) is 19.8 Å². The average molecular weight is 575 g/mol. The Balaban J connectivity index is 1.39. The van der Waals surface area contributed by atoms with E-state index in [1.165, 1.54) is 35.1 Å². The van der Waals surface area contributed by atoms with Gasteiger partial charge < -0.3 is 24.7 Å². The van der Waals surface area contributed by atoms with E-state index in [1.54, 1.807) is 0 Å². The van der Waals surface area contributed by atoms with Gasteiger partial charge in [0.15, 0.2) is 11.5 Å². The molecule has 1 saturated heterocycles. The molecular formula is C27H22F5N5O4. The van der Waals surface area contributed by atoms with Gasteiger partial charge in [-0.25, -0.2) is 18.7 Å². The van der Waals surface area contributed by atoms with Crippen LogP contribution in [0.2, 0.25) is 0 Å². The predicted molar refractivity (Wildman–Crippen MR) is 135 cm³/mol. The summed E-state index contributed by atoms with van der Waals surface area (Å²) in [6, 6.07) is 7.53. The van der Waals surface area contributed by atoms with Crippen LogP contribution in [-0.4, -0.2) is 64.9 Å². The van der Waals surface area contributed by atoms with Crippen molar-refractivity contribution in [2.24, 2.45) is 5.73 Å². The molecule has 1 aliphatic heterocycles. The number of aromatic nitrogens is 2. The van der Waals surface area contributed by atoms with Crippen LogP contribution in [-0.2, 0) is 12.7 Å². The number of carbonyl (C=O) groups excluding carboxylic acids is 2. The number of pyridine rings is 1. The summed E-state index contributed by atoms with van der Waals surface area (Å²) < 4.78 is 77.9. The molecule has 14 heteroatoms. The Labute approximate surface area is 229 Å². The van der Waals surface area contributed by atoms with Gasteiger partial charge in [0.1, 0.15) is 28.6 Å². The van der Waals surface area contributed by atoms with Crippen LogP contribution in [0, 0.1) is 11.6 Å². The molecule has 1 aliphatic rings. The number of amides is 2. The van der Waals surface area contributed by atoms with E-state index in [-0.39, 0.29) is 77.8 Å². The van der Waals surface area contributed by atoms with Crippen molar-refractivity contribution in [3.8, 4) is 17.2 Å². The van der Waals surface area contributed by atoms with E-state index in [4.69, 9.17) is 14.9 Å². The van der Waals surface area contributed by atoms with E-state index >= 15 is 0 Å². The molecule has 214 valence electrons. The van der Waals surface area contributed by atoms with E-state index < -0.39 is 35.3 Å². The summed E-state index contributed by atoms with van der Waals surface area (Å²) in [7, 11) is 1.30. The Hall–Kier alpha value is -4.59. The molecule has 0 aliphatic carbocycles. The molecule has 0 unspecified atom stereocenters. The molecule has 0 atom stereocenters. The third-order valence-corrected chi connectivity index (χ3v) is 6.61. The lowest BCUT2D eigenvalue weighted by Crippen LogP contribution is -2.50. The van der Waals surface area contributed by atoms with Gasteiger partial charge in [-0.1, -0.05) is 0 Å². The van der Waals surface area contributed by atoms with Gasteiger partial charge >= 0.3 is 6.18 Å². The van der Waals surface area contributed by atoms with Crippen molar-refractivity contribution in [3.05, 3.63) is 76.8 Å². The molecule has 2 amide bonds. The molecule has 0 saturated carbocycles. The van der Waals surface area contributed by atoms with Gasteiger partial charge in [-0.3, -0.25) is 9.59 Å². The van der Waals surface area contributed by atoms with E-state index in [1.807, 2.05) is 0 Å². The van der Waals surface area contributed by atoms with Gasteiger partial charge in [0.05, 0.1) is 13.7 Å². The van der Waals surface area contributed by atoms with E-state index in [2.05, 4.69) is 9.97 Å². The number of rotatable bonds is 5. The Morgan fingerprint density at radius 2 is 1.59 bits per heavy atom. The van der Waals surface area contributed by atoms with Gasteiger partial charge in [0.2, 0.25) is 5.89 Å². The highest BCUT2D eigenvalue weighted by Crippen LogP contribution is 2.37. The van der Waals surface area contributed by atoms with Crippen LogP contribution in [0.1, 0.15) is 32.3 Å². The summed E-state index contributed by atoms with van der Waals surface area (Å²) >= 11 is 0. The maximum absolute atomic E-state index is 13.6. The third-order valence-electron chi connectivity index (χ3n) is 6.61. The van der Waals surface area contributed by atoms with Crippen LogP contribution in [0.3, 0.4) is 0 Å². The number of piperazine rings is 1. The molecule has 0 radical (unpaired) electrons. The van der Waals surface area contributed by atoms with Crippen molar-refractivity contribution in [1.29, 1.82) is 0 Å². The zero-order chi connectivity index (χ0) is 29.5. The number of ether oxygens (including phenoxy) is 1. The molecule has 41 heavy (non-hydrogen) atoms. The van der Waals surface area contributed by atoms with E-state index in [0.717, 1.165) is 18.2 Å². The van der Waals surface area contributed by atoms with E-state index in [9.17, 15) is 31.5 Å². The van der Waals surface area contributed by atoms with Crippen LogP contribution in [0.25, 0.3) is 22.4 Å². The monoisotopic (exact) mass is 575 g/mol. The Kier molecular flexibility index (Phi) is 7.34. The number of hydrogen-bond donors (Lipinski definition) is 1. The van der Waals surface area contributed by atoms with Gasteiger partial charge in [-0.05, 0) is 36.4 Å². The minimum absolute atomic E-state index is 0.0510. The van der Waals surface area contributed by atoms with Crippen LogP contribution >= 0.6 is 0 Å². The second kappa shape index (κ2) is 10.8. The second-order valence-electron chi connectivity index (χ2n) is 9.14. The molecule has 2 aromatic heterocycles. The molecule has 2 N–H and O–H groups in total. The smallest absolute Gasteiger partial charge is 0.433 e. The maximum Gasteiger partial charge on any atom is 0.433 e. The standard InChI is InChI=1S/C27H22F5N5O4/c1-40-19-4-2-18(17-3-5-21(27(30,31)32)34-22(17)19)24-35-23(20(13-33)41-24)26(39)37-8-6-36(7-9-37)25(38)14-10-15(28)12-16(29)11-14/h2-5,10-12H,6-9,13,33H2,1H3. The summed E-state index contributed by atoms with van der Waals surface area (Å²) in [4.78, 5) is 36.9. The number of methoxy groups -OCH3 is 1. The highest BCUT2D eigenvalue weighted by Gasteiger charge is 2.34. The fraction of sp³-hybridized carbons (Fsp3) is 0.259. The van der Waals surface area contributed by atoms with Gasteiger partial charge in [0, 0.05) is 48.8 Å². The Morgan fingerprint density at radius 3 is 2.17 bits per heavy atom. The van der Waals surface area contributed by atoms with Crippen molar-refractivity contribution >= 4 is 22.7 Å². The first-order chi connectivity index (χ1) is 19.5. The molecule has 9 nitrogen and oxygen atoms in total. The predicted octanol–water partition coefficient (Wildman–Crippen LogP) is 4.25. The summed E-state index contributed by atoms with van der Waals surface area (Å²) in [5.41, 5.74) is 4.68. The highest BCUT2D eigenvalue weighted by molar-refractivity contribution is 5.98. The van der Waals surface area contributed by atoms with Gasteiger partial charge in [0.25, 0.3) is 11.8 Å². The topological polar surface area (TPSA) is 115 Å². The first-order valence-electron chi connectivity index (χ1n) is 12.3. The first kappa shape index (κ1) is 28.0. The summed E-state index contributed by atoms with van der Waals surface area (Å²) in [5.74, 6) is -2.74.